The summed E-state index contributed by atoms with van der Waals surface area (Å²) in [5.74, 6) is 1.41. The smallest absolute Gasteiger partial charge is 0.218 e. The second kappa shape index (κ2) is 8.67. The van der Waals surface area contributed by atoms with E-state index >= 15 is 0 Å². The zero-order chi connectivity index (χ0) is 15.6. The first-order valence-corrected chi connectivity index (χ1v) is 7.37. The Kier molecular flexibility index (Phi) is 6.23. The summed E-state index contributed by atoms with van der Waals surface area (Å²) in [5, 5.41) is 6.54. The van der Waals surface area contributed by atoms with E-state index in [2.05, 4.69) is 32.7 Å². The lowest BCUT2D eigenvalue weighted by Crippen LogP contribution is -2.36. The van der Waals surface area contributed by atoms with E-state index in [1.165, 1.54) is 5.56 Å². The van der Waals surface area contributed by atoms with Crippen LogP contribution in [-0.4, -0.2) is 24.6 Å². The van der Waals surface area contributed by atoms with Crippen LogP contribution in [0, 0.1) is 0 Å². The third-order valence-electron chi connectivity index (χ3n) is 3.10. The number of nitrogens with one attached hydrogen (secondary N) is 2. The molecular weight excluding hydrogens is 276 g/mol. The number of rotatable bonds is 6. The molecule has 0 saturated heterocycles. The quantitative estimate of drug-likeness (QED) is 0.635. The standard InChI is InChI=1S/C17H22N4O/c1-3-18-17(20-12-14-8-5-4-6-9-14)21-13-15-10-7-11-19-16(15)22-2/h4-11H,3,12-13H2,1-2H3,(H2,18,20,21). The molecule has 0 spiro atoms. The molecule has 0 fully saturated rings. The van der Waals surface area contributed by atoms with Gasteiger partial charge in [0.1, 0.15) is 0 Å². The van der Waals surface area contributed by atoms with Gasteiger partial charge in [-0.3, -0.25) is 0 Å². The lowest BCUT2D eigenvalue weighted by Gasteiger charge is -2.12. The van der Waals surface area contributed by atoms with Gasteiger partial charge in [-0.05, 0) is 18.6 Å². The van der Waals surface area contributed by atoms with Crippen molar-refractivity contribution in [2.24, 2.45) is 4.99 Å². The molecule has 2 rings (SSSR count). The number of hydrogen-bond acceptors (Lipinski definition) is 3. The zero-order valence-corrected chi connectivity index (χ0v) is 13.0. The van der Waals surface area contributed by atoms with Crippen LogP contribution in [0.2, 0.25) is 0 Å². The normalized spacial score (nSPS) is 11.1. The number of ether oxygens (including phenoxy) is 1. The van der Waals surface area contributed by atoms with Crippen LogP contribution >= 0.6 is 0 Å². The first-order valence-electron chi connectivity index (χ1n) is 7.37. The van der Waals surface area contributed by atoms with E-state index in [-0.39, 0.29) is 0 Å². The molecule has 5 heteroatoms. The number of hydrogen-bond donors (Lipinski definition) is 2. The third kappa shape index (κ3) is 4.77. The topological polar surface area (TPSA) is 58.5 Å². The van der Waals surface area contributed by atoms with Crippen molar-refractivity contribution in [1.29, 1.82) is 0 Å². The van der Waals surface area contributed by atoms with Crippen LogP contribution in [0.5, 0.6) is 5.88 Å². The molecule has 1 aromatic heterocycles. The predicted octanol–water partition coefficient (Wildman–Crippen LogP) is 2.35. The van der Waals surface area contributed by atoms with E-state index < -0.39 is 0 Å². The molecule has 0 radical (unpaired) electrons. The van der Waals surface area contributed by atoms with Crippen LogP contribution in [0.4, 0.5) is 0 Å². The van der Waals surface area contributed by atoms with Crippen LogP contribution in [0.3, 0.4) is 0 Å². The molecule has 2 N–H and O–H groups in total. The Bertz CT molecular complexity index is 599. The van der Waals surface area contributed by atoms with E-state index in [1.54, 1.807) is 13.3 Å². The maximum absolute atomic E-state index is 5.26. The highest BCUT2D eigenvalue weighted by Gasteiger charge is 2.04. The van der Waals surface area contributed by atoms with Gasteiger partial charge in [-0.15, -0.1) is 0 Å². The summed E-state index contributed by atoms with van der Waals surface area (Å²) in [6.45, 7) is 4.10. The number of aromatic nitrogens is 1. The minimum Gasteiger partial charge on any atom is -0.481 e. The lowest BCUT2D eigenvalue weighted by atomic mass is 10.2. The van der Waals surface area contributed by atoms with E-state index in [4.69, 9.17) is 4.74 Å². The van der Waals surface area contributed by atoms with Gasteiger partial charge < -0.3 is 15.4 Å². The highest BCUT2D eigenvalue weighted by molar-refractivity contribution is 5.79. The monoisotopic (exact) mass is 298 g/mol. The Balaban J connectivity index is 1.99. The second-order valence-electron chi connectivity index (χ2n) is 4.71. The van der Waals surface area contributed by atoms with Crippen molar-refractivity contribution in [3.63, 3.8) is 0 Å². The number of nitrogens with zero attached hydrogens (tertiary/aromatic N) is 2. The van der Waals surface area contributed by atoms with E-state index in [1.807, 2.05) is 37.3 Å². The van der Waals surface area contributed by atoms with Crippen LogP contribution in [-0.2, 0) is 13.1 Å². The lowest BCUT2D eigenvalue weighted by molar-refractivity contribution is 0.392. The fraction of sp³-hybridized carbons (Fsp3) is 0.294. The average molecular weight is 298 g/mol. The molecule has 0 amide bonds. The molecule has 0 aliphatic heterocycles. The van der Waals surface area contributed by atoms with Gasteiger partial charge in [-0.2, -0.15) is 0 Å². The maximum Gasteiger partial charge on any atom is 0.218 e. The van der Waals surface area contributed by atoms with E-state index in [0.29, 0.717) is 19.0 Å². The van der Waals surface area contributed by atoms with Crippen molar-refractivity contribution in [3.8, 4) is 5.88 Å². The highest BCUT2D eigenvalue weighted by Crippen LogP contribution is 2.12. The molecule has 2 aromatic rings. The van der Waals surface area contributed by atoms with Crippen molar-refractivity contribution in [1.82, 2.24) is 15.6 Å². The molecule has 1 aromatic carbocycles. The maximum atomic E-state index is 5.26. The summed E-state index contributed by atoms with van der Waals surface area (Å²) in [7, 11) is 1.63. The summed E-state index contributed by atoms with van der Waals surface area (Å²) in [5.41, 5.74) is 2.17. The van der Waals surface area contributed by atoms with Gasteiger partial charge in [-0.25, -0.2) is 9.98 Å². The van der Waals surface area contributed by atoms with Gasteiger partial charge in [-0.1, -0.05) is 36.4 Å². The molecule has 0 bridgehead atoms. The number of methoxy groups -OCH3 is 1. The van der Waals surface area contributed by atoms with E-state index in [0.717, 1.165) is 18.1 Å². The van der Waals surface area contributed by atoms with Crippen molar-refractivity contribution in [2.45, 2.75) is 20.0 Å². The summed E-state index contributed by atoms with van der Waals surface area (Å²) < 4.78 is 5.26. The molecule has 1 heterocycles. The van der Waals surface area contributed by atoms with Crippen molar-refractivity contribution < 1.29 is 4.74 Å². The molecule has 5 nitrogen and oxygen atoms in total. The summed E-state index contributed by atoms with van der Waals surface area (Å²) in [6, 6.07) is 14.1. The van der Waals surface area contributed by atoms with E-state index in [9.17, 15) is 0 Å². The number of pyridine rings is 1. The van der Waals surface area contributed by atoms with Crippen LogP contribution in [0.1, 0.15) is 18.1 Å². The minimum absolute atomic E-state index is 0.609. The Morgan fingerprint density at radius 2 is 1.95 bits per heavy atom. The fourth-order valence-electron chi connectivity index (χ4n) is 2.02. The molecule has 22 heavy (non-hydrogen) atoms. The SMILES string of the molecule is CCNC(=NCc1ccccc1)NCc1cccnc1OC. The Morgan fingerprint density at radius 1 is 1.14 bits per heavy atom. The first-order chi connectivity index (χ1) is 10.8. The van der Waals surface area contributed by atoms with Gasteiger partial charge >= 0.3 is 0 Å². The van der Waals surface area contributed by atoms with Crippen molar-refractivity contribution in [3.05, 3.63) is 59.8 Å². The molecule has 0 aliphatic carbocycles. The summed E-state index contributed by atoms with van der Waals surface area (Å²) in [6.07, 6.45) is 1.72. The largest absolute Gasteiger partial charge is 0.481 e. The first kappa shape index (κ1) is 15.8. The Morgan fingerprint density at radius 3 is 2.68 bits per heavy atom. The third-order valence-corrected chi connectivity index (χ3v) is 3.10. The van der Waals surface area contributed by atoms with Gasteiger partial charge in [0.15, 0.2) is 5.96 Å². The average Bonchev–Trinajstić information content (AvgIpc) is 2.58. The Labute approximate surface area is 131 Å². The minimum atomic E-state index is 0.609. The molecular formula is C17H22N4O. The van der Waals surface area contributed by atoms with Crippen molar-refractivity contribution >= 4 is 5.96 Å². The number of guanidine groups is 1. The van der Waals surface area contributed by atoms with Crippen LogP contribution < -0.4 is 15.4 Å². The predicted molar refractivity (Wildman–Crippen MR) is 88.9 cm³/mol. The van der Waals surface area contributed by atoms with Gasteiger partial charge in [0.25, 0.3) is 0 Å². The van der Waals surface area contributed by atoms with Crippen molar-refractivity contribution in [2.75, 3.05) is 13.7 Å². The summed E-state index contributed by atoms with van der Waals surface area (Å²) in [4.78, 5) is 8.78. The van der Waals surface area contributed by atoms with Crippen LogP contribution in [0.25, 0.3) is 0 Å². The van der Waals surface area contributed by atoms with Gasteiger partial charge in [0.05, 0.1) is 13.7 Å². The van der Waals surface area contributed by atoms with Gasteiger partial charge in [0, 0.05) is 24.8 Å². The zero-order valence-electron chi connectivity index (χ0n) is 13.0. The second-order valence-corrected chi connectivity index (χ2v) is 4.71. The molecule has 0 aliphatic rings. The van der Waals surface area contributed by atoms with Crippen LogP contribution in [0.15, 0.2) is 53.7 Å². The highest BCUT2D eigenvalue weighted by atomic mass is 16.5. The fourth-order valence-corrected chi connectivity index (χ4v) is 2.02. The summed E-state index contributed by atoms with van der Waals surface area (Å²) >= 11 is 0. The van der Waals surface area contributed by atoms with Gasteiger partial charge in [0.2, 0.25) is 5.88 Å². The molecule has 0 saturated carbocycles. The molecule has 0 atom stereocenters. The molecule has 0 unspecified atom stereocenters. The number of benzene rings is 1. The number of aliphatic imine (C=N–C) groups is 1. The molecule has 116 valence electrons. The Hall–Kier alpha value is -2.56.